The van der Waals surface area contributed by atoms with Gasteiger partial charge in [-0.05, 0) is 31.7 Å². The van der Waals surface area contributed by atoms with Crippen molar-refractivity contribution in [1.29, 1.82) is 0 Å². The van der Waals surface area contributed by atoms with E-state index in [1.807, 2.05) is 6.92 Å². The summed E-state index contributed by atoms with van der Waals surface area (Å²) in [7, 11) is 1.32. The Balaban J connectivity index is 2.27. The van der Waals surface area contributed by atoms with Gasteiger partial charge in [-0.15, -0.1) is 0 Å². The zero-order valence-electron chi connectivity index (χ0n) is 15.6. The van der Waals surface area contributed by atoms with Gasteiger partial charge in [0.2, 0.25) is 10.0 Å². The zero-order chi connectivity index (χ0) is 18.6. The highest BCUT2D eigenvalue weighted by Crippen LogP contribution is 2.22. The Morgan fingerprint density at radius 3 is 2.64 bits per heavy atom. The van der Waals surface area contributed by atoms with E-state index >= 15 is 0 Å². The van der Waals surface area contributed by atoms with E-state index in [1.165, 1.54) is 21.5 Å². The number of ether oxygens (including phenoxy) is 1. The maximum absolute atomic E-state index is 13.1. The molecule has 1 fully saturated rings. The summed E-state index contributed by atoms with van der Waals surface area (Å²) in [5.74, 6) is -0.221. The van der Waals surface area contributed by atoms with Crippen molar-refractivity contribution in [2.75, 3.05) is 33.8 Å². The van der Waals surface area contributed by atoms with E-state index in [9.17, 15) is 13.2 Å². The molecule has 1 atom stereocenters. The lowest BCUT2D eigenvalue weighted by molar-refractivity contribution is 0.00624. The van der Waals surface area contributed by atoms with E-state index in [1.54, 1.807) is 25.7 Å². The maximum atomic E-state index is 13.1. The standard InChI is InChI=1S/C17H29N3O4S/c1-5-9-20(12-14-8-6-7-10-24-14)25(22,23)15-11-16(19(4)13-15)17(21)18(2)3/h11,13-14H,5-10,12H2,1-4H3/t14-/m0/s1. The van der Waals surface area contributed by atoms with Crippen LogP contribution in [0.3, 0.4) is 0 Å². The first kappa shape index (κ1) is 19.9. The van der Waals surface area contributed by atoms with Crippen LogP contribution in [0.4, 0.5) is 0 Å². The average Bonchev–Trinajstić information content (AvgIpc) is 2.97. The molecule has 0 radical (unpaired) electrons. The van der Waals surface area contributed by atoms with Crippen molar-refractivity contribution >= 4 is 15.9 Å². The third kappa shape index (κ3) is 4.62. The molecule has 1 saturated heterocycles. The molecule has 2 heterocycles. The molecular formula is C17H29N3O4S. The Morgan fingerprint density at radius 1 is 1.36 bits per heavy atom. The second-order valence-electron chi connectivity index (χ2n) is 6.72. The Bertz CT molecular complexity index is 691. The fourth-order valence-electron chi connectivity index (χ4n) is 3.00. The van der Waals surface area contributed by atoms with Crippen LogP contribution >= 0.6 is 0 Å². The van der Waals surface area contributed by atoms with E-state index in [2.05, 4.69) is 0 Å². The Hall–Kier alpha value is -1.38. The highest BCUT2D eigenvalue weighted by Gasteiger charge is 2.30. The third-order valence-electron chi connectivity index (χ3n) is 4.40. The summed E-state index contributed by atoms with van der Waals surface area (Å²) in [5, 5.41) is 0. The van der Waals surface area contributed by atoms with Crippen LogP contribution in [-0.4, -0.2) is 68.0 Å². The van der Waals surface area contributed by atoms with Gasteiger partial charge in [-0.25, -0.2) is 8.42 Å². The molecule has 0 spiro atoms. The number of hydrogen-bond acceptors (Lipinski definition) is 4. The smallest absolute Gasteiger partial charge is 0.269 e. The highest BCUT2D eigenvalue weighted by atomic mass is 32.2. The summed E-state index contributed by atoms with van der Waals surface area (Å²) in [5.41, 5.74) is 0.355. The molecule has 8 heteroatoms. The van der Waals surface area contributed by atoms with Gasteiger partial charge in [-0.1, -0.05) is 6.92 Å². The fraction of sp³-hybridized carbons (Fsp3) is 0.706. The Kier molecular flexibility index (Phi) is 6.65. The second kappa shape index (κ2) is 8.33. The predicted molar refractivity (Wildman–Crippen MR) is 96.1 cm³/mol. The van der Waals surface area contributed by atoms with Crippen molar-refractivity contribution in [1.82, 2.24) is 13.8 Å². The first-order chi connectivity index (χ1) is 11.8. The van der Waals surface area contributed by atoms with Gasteiger partial charge >= 0.3 is 0 Å². The number of carbonyl (C=O) groups is 1. The van der Waals surface area contributed by atoms with Crippen LogP contribution in [0.1, 0.15) is 43.1 Å². The number of sulfonamides is 1. The first-order valence-corrected chi connectivity index (χ1v) is 10.2. The van der Waals surface area contributed by atoms with E-state index in [0.717, 1.165) is 25.7 Å². The van der Waals surface area contributed by atoms with Crippen molar-refractivity contribution in [3.05, 3.63) is 18.0 Å². The minimum Gasteiger partial charge on any atom is -0.377 e. The van der Waals surface area contributed by atoms with Crippen molar-refractivity contribution in [2.24, 2.45) is 7.05 Å². The molecule has 1 amide bonds. The van der Waals surface area contributed by atoms with Crippen LogP contribution in [0.2, 0.25) is 0 Å². The molecular weight excluding hydrogens is 342 g/mol. The molecule has 0 N–H and O–H groups in total. The van der Waals surface area contributed by atoms with Crippen molar-refractivity contribution in [3.8, 4) is 0 Å². The van der Waals surface area contributed by atoms with E-state index in [4.69, 9.17) is 4.74 Å². The van der Waals surface area contributed by atoms with E-state index in [0.29, 0.717) is 25.4 Å². The molecule has 0 unspecified atom stereocenters. The van der Waals surface area contributed by atoms with Gasteiger partial charge in [-0.2, -0.15) is 4.31 Å². The summed E-state index contributed by atoms with van der Waals surface area (Å²) >= 11 is 0. The molecule has 1 aliphatic rings. The largest absolute Gasteiger partial charge is 0.377 e. The van der Waals surface area contributed by atoms with Crippen LogP contribution in [0.5, 0.6) is 0 Å². The topological polar surface area (TPSA) is 71.8 Å². The van der Waals surface area contributed by atoms with Crippen LogP contribution in [-0.2, 0) is 21.8 Å². The molecule has 7 nitrogen and oxygen atoms in total. The summed E-state index contributed by atoms with van der Waals surface area (Å²) in [6, 6.07) is 1.46. The number of nitrogens with zero attached hydrogens (tertiary/aromatic N) is 3. The summed E-state index contributed by atoms with van der Waals surface area (Å²) in [4.78, 5) is 13.8. The lowest BCUT2D eigenvalue weighted by atomic mass is 10.1. The number of hydrogen-bond donors (Lipinski definition) is 0. The summed E-state index contributed by atoms with van der Waals surface area (Å²) < 4.78 is 34.9. The van der Waals surface area contributed by atoms with Crippen molar-refractivity contribution < 1.29 is 17.9 Å². The van der Waals surface area contributed by atoms with E-state index in [-0.39, 0.29) is 16.9 Å². The van der Waals surface area contributed by atoms with Gasteiger partial charge in [0.1, 0.15) is 10.6 Å². The molecule has 2 rings (SSSR count). The van der Waals surface area contributed by atoms with Crippen LogP contribution in [0.25, 0.3) is 0 Å². The predicted octanol–water partition coefficient (Wildman–Crippen LogP) is 1.70. The van der Waals surface area contributed by atoms with Crippen molar-refractivity contribution in [3.63, 3.8) is 0 Å². The average molecular weight is 372 g/mol. The molecule has 25 heavy (non-hydrogen) atoms. The second-order valence-corrected chi connectivity index (χ2v) is 8.66. The monoisotopic (exact) mass is 371 g/mol. The number of aromatic nitrogens is 1. The van der Waals surface area contributed by atoms with Crippen LogP contribution in [0.15, 0.2) is 17.2 Å². The number of carbonyl (C=O) groups excluding carboxylic acids is 1. The Morgan fingerprint density at radius 2 is 2.08 bits per heavy atom. The zero-order valence-corrected chi connectivity index (χ0v) is 16.4. The Labute approximate surface area is 150 Å². The third-order valence-corrected chi connectivity index (χ3v) is 6.23. The van der Waals surface area contributed by atoms with Gasteiger partial charge in [0.15, 0.2) is 0 Å². The molecule has 1 aromatic rings. The highest BCUT2D eigenvalue weighted by molar-refractivity contribution is 7.89. The SMILES string of the molecule is CCCN(C[C@@H]1CCCCO1)S(=O)(=O)c1cc(C(=O)N(C)C)n(C)c1. The van der Waals surface area contributed by atoms with Crippen LogP contribution < -0.4 is 0 Å². The van der Waals surface area contributed by atoms with Gasteiger partial charge in [0.25, 0.3) is 5.91 Å². The van der Waals surface area contributed by atoms with Gasteiger partial charge in [0.05, 0.1) is 6.10 Å². The van der Waals surface area contributed by atoms with Gasteiger partial charge in [-0.3, -0.25) is 4.79 Å². The number of rotatable bonds is 7. The molecule has 0 saturated carbocycles. The summed E-state index contributed by atoms with van der Waals surface area (Å²) in [6.45, 7) is 3.45. The van der Waals surface area contributed by atoms with Crippen molar-refractivity contribution in [2.45, 2.75) is 43.6 Å². The lowest BCUT2D eigenvalue weighted by Crippen LogP contribution is -2.40. The molecule has 0 aliphatic carbocycles. The minimum atomic E-state index is -3.66. The van der Waals surface area contributed by atoms with E-state index < -0.39 is 10.0 Å². The molecule has 0 aromatic carbocycles. The molecule has 1 aliphatic heterocycles. The van der Waals surface area contributed by atoms with Gasteiger partial charge < -0.3 is 14.2 Å². The first-order valence-electron chi connectivity index (χ1n) is 8.77. The number of amides is 1. The van der Waals surface area contributed by atoms with Gasteiger partial charge in [0, 0.05) is 47.0 Å². The maximum Gasteiger partial charge on any atom is 0.269 e. The summed E-state index contributed by atoms with van der Waals surface area (Å²) in [6.07, 6.45) is 5.17. The minimum absolute atomic E-state index is 0.0540. The molecule has 142 valence electrons. The quantitative estimate of drug-likeness (QED) is 0.731. The number of aryl methyl sites for hydroxylation is 1. The lowest BCUT2D eigenvalue weighted by Gasteiger charge is -2.29. The van der Waals surface area contributed by atoms with Crippen LogP contribution in [0, 0.1) is 0 Å². The normalized spacial score (nSPS) is 18.5. The fourth-order valence-corrected chi connectivity index (χ4v) is 4.64. The molecule has 1 aromatic heterocycles. The molecule has 0 bridgehead atoms.